The van der Waals surface area contributed by atoms with Crippen molar-refractivity contribution in [2.45, 2.75) is 46.3 Å². The number of nitrogens with zero attached hydrogens (tertiary/aromatic N) is 2. The van der Waals surface area contributed by atoms with Crippen LogP contribution in [0.1, 0.15) is 43.4 Å². The molecule has 0 aromatic heterocycles. The molecule has 6 heteroatoms. The summed E-state index contributed by atoms with van der Waals surface area (Å²) in [5, 5.41) is 0. The van der Waals surface area contributed by atoms with E-state index in [0.29, 0.717) is 25.8 Å². The second-order valence-electron chi connectivity index (χ2n) is 8.75. The van der Waals surface area contributed by atoms with Crippen LogP contribution in [-0.4, -0.2) is 54.8 Å². The van der Waals surface area contributed by atoms with Crippen molar-refractivity contribution in [3.05, 3.63) is 53.1 Å². The van der Waals surface area contributed by atoms with Crippen LogP contribution >= 0.6 is 0 Å². The molecule has 0 aliphatic carbocycles. The highest BCUT2D eigenvalue weighted by atomic mass is 16.7. The van der Waals surface area contributed by atoms with E-state index in [1.54, 1.807) is 0 Å². The zero-order valence-electron chi connectivity index (χ0n) is 18.9. The standard InChI is InChI=1S/C25H32N2O4/c1-17(2)21-7-5-18(3)13-23(21)31-19(4)25(28)27-11-9-26(10-12-27)15-20-6-8-22-24(14-20)30-16-29-22/h5-8,13-14,17,19H,9-12,15-16H2,1-4H3. The lowest BCUT2D eigenvalue weighted by atomic mass is 10.0. The number of hydrogen-bond donors (Lipinski definition) is 0. The molecule has 6 nitrogen and oxygen atoms in total. The van der Waals surface area contributed by atoms with Gasteiger partial charge in [0.1, 0.15) is 5.75 Å². The van der Waals surface area contributed by atoms with Crippen LogP contribution < -0.4 is 14.2 Å². The van der Waals surface area contributed by atoms with Crippen LogP contribution in [0.5, 0.6) is 17.2 Å². The Labute approximate surface area is 184 Å². The SMILES string of the molecule is Cc1ccc(C(C)C)c(OC(C)C(=O)N2CCN(Cc3ccc4c(c3)OCO4)CC2)c1. The number of aryl methyl sites for hydroxylation is 1. The molecule has 0 saturated carbocycles. The predicted octanol–water partition coefficient (Wildman–Crippen LogP) is 3.96. The fourth-order valence-corrected chi connectivity index (χ4v) is 4.14. The van der Waals surface area contributed by atoms with Crippen molar-refractivity contribution in [3.8, 4) is 17.2 Å². The van der Waals surface area contributed by atoms with Gasteiger partial charge in [-0.15, -0.1) is 0 Å². The Hall–Kier alpha value is -2.73. The van der Waals surface area contributed by atoms with Crippen LogP contribution in [0.3, 0.4) is 0 Å². The number of benzene rings is 2. The summed E-state index contributed by atoms with van der Waals surface area (Å²) in [6.45, 7) is 12.4. The zero-order valence-corrected chi connectivity index (χ0v) is 18.9. The van der Waals surface area contributed by atoms with Crippen molar-refractivity contribution in [2.75, 3.05) is 33.0 Å². The van der Waals surface area contributed by atoms with Gasteiger partial charge in [-0.3, -0.25) is 9.69 Å². The Morgan fingerprint density at radius 3 is 2.48 bits per heavy atom. The van der Waals surface area contributed by atoms with Gasteiger partial charge in [-0.1, -0.05) is 32.0 Å². The van der Waals surface area contributed by atoms with Gasteiger partial charge in [-0.2, -0.15) is 0 Å². The number of carbonyl (C=O) groups is 1. The highest BCUT2D eigenvalue weighted by Crippen LogP contribution is 2.33. The molecule has 2 aliphatic heterocycles. The number of amides is 1. The van der Waals surface area contributed by atoms with E-state index in [1.165, 1.54) is 5.56 Å². The zero-order chi connectivity index (χ0) is 22.0. The molecule has 1 atom stereocenters. The second kappa shape index (κ2) is 9.18. The number of rotatable bonds is 6. The fraction of sp³-hybridized carbons (Fsp3) is 0.480. The van der Waals surface area contributed by atoms with Crippen LogP contribution in [0, 0.1) is 6.92 Å². The molecule has 0 N–H and O–H groups in total. The highest BCUT2D eigenvalue weighted by Gasteiger charge is 2.27. The third-order valence-corrected chi connectivity index (χ3v) is 5.97. The summed E-state index contributed by atoms with van der Waals surface area (Å²) in [5.74, 6) is 2.84. The third-order valence-electron chi connectivity index (χ3n) is 5.97. The van der Waals surface area contributed by atoms with E-state index in [1.807, 2.05) is 36.9 Å². The molecule has 31 heavy (non-hydrogen) atoms. The topological polar surface area (TPSA) is 51.2 Å². The molecule has 2 aliphatic rings. The van der Waals surface area contributed by atoms with Gasteiger partial charge in [0, 0.05) is 32.7 Å². The summed E-state index contributed by atoms with van der Waals surface area (Å²) in [6.07, 6.45) is -0.500. The largest absolute Gasteiger partial charge is 0.481 e. The van der Waals surface area contributed by atoms with E-state index in [4.69, 9.17) is 14.2 Å². The summed E-state index contributed by atoms with van der Waals surface area (Å²) in [7, 11) is 0. The summed E-state index contributed by atoms with van der Waals surface area (Å²) in [5.41, 5.74) is 3.47. The number of carbonyl (C=O) groups excluding carboxylic acids is 1. The van der Waals surface area contributed by atoms with Gasteiger partial charge in [0.05, 0.1) is 0 Å². The second-order valence-corrected chi connectivity index (χ2v) is 8.75. The molecule has 2 heterocycles. The Morgan fingerprint density at radius 1 is 1.00 bits per heavy atom. The van der Waals surface area contributed by atoms with Gasteiger partial charge in [0.2, 0.25) is 6.79 Å². The van der Waals surface area contributed by atoms with Crippen LogP contribution in [0.4, 0.5) is 0 Å². The Bertz CT molecular complexity index is 935. The average Bonchev–Trinajstić information content (AvgIpc) is 3.21. The maximum absolute atomic E-state index is 13.0. The summed E-state index contributed by atoms with van der Waals surface area (Å²) >= 11 is 0. The van der Waals surface area contributed by atoms with Crippen molar-refractivity contribution in [1.29, 1.82) is 0 Å². The minimum Gasteiger partial charge on any atom is -0.481 e. The predicted molar refractivity (Wildman–Crippen MR) is 120 cm³/mol. The third kappa shape index (κ3) is 4.96. The Balaban J connectivity index is 1.31. The first kappa shape index (κ1) is 21.5. The number of piperazine rings is 1. The molecule has 2 aromatic carbocycles. The van der Waals surface area contributed by atoms with Gasteiger partial charge in [-0.25, -0.2) is 0 Å². The molecule has 0 bridgehead atoms. The quantitative estimate of drug-likeness (QED) is 0.703. The maximum atomic E-state index is 13.0. The van der Waals surface area contributed by atoms with Crippen LogP contribution in [0.2, 0.25) is 0 Å². The van der Waals surface area contributed by atoms with Crippen molar-refractivity contribution in [2.24, 2.45) is 0 Å². The lowest BCUT2D eigenvalue weighted by Gasteiger charge is -2.36. The molecule has 2 aromatic rings. The molecule has 1 fully saturated rings. The minimum absolute atomic E-state index is 0.0546. The van der Waals surface area contributed by atoms with E-state index in [9.17, 15) is 4.79 Å². The lowest BCUT2D eigenvalue weighted by molar-refractivity contribution is -0.139. The molecule has 166 valence electrons. The number of fused-ring (bicyclic) bond motifs is 1. The first-order chi connectivity index (χ1) is 14.9. The van der Waals surface area contributed by atoms with E-state index < -0.39 is 6.10 Å². The van der Waals surface area contributed by atoms with Gasteiger partial charge in [0.15, 0.2) is 17.6 Å². The highest BCUT2D eigenvalue weighted by molar-refractivity contribution is 5.81. The van der Waals surface area contributed by atoms with E-state index >= 15 is 0 Å². The lowest BCUT2D eigenvalue weighted by Crippen LogP contribution is -2.51. The first-order valence-corrected chi connectivity index (χ1v) is 11.1. The minimum atomic E-state index is -0.500. The molecule has 0 radical (unpaired) electrons. The monoisotopic (exact) mass is 424 g/mol. The molecular formula is C25H32N2O4. The molecule has 0 spiro atoms. The van der Waals surface area contributed by atoms with Crippen molar-refractivity contribution in [3.63, 3.8) is 0 Å². The van der Waals surface area contributed by atoms with Crippen molar-refractivity contribution in [1.82, 2.24) is 9.80 Å². The molecule has 1 unspecified atom stereocenters. The van der Waals surface area contributed by atoms with Crippen molar-refractivity contribution >= 4 is 5.91 Å². The fourth-order valence-electron chi connectivity index (χ4n) is 4.14. The normalized spacial score (nSPS) is 17.1. The molecule has 4 rings (SSSR count). The molecular weight excluding hydrogens is 392 g/mol. The van der Waals surface area contributed by atoms with E-state index in [2.05, 4.69) is 36.9 Å². The smallest absolute Gasteiger partial charge is 0.263 e. The summed E-state index contributed by atoms with van der Waals surface area (Å²) in [6, 6.07) is 12.3. The van der Waals surface area contributed by atoms with E-state index in [0.717, 1.165) is 48.0 Å². The first-order valence-electron chi connectivity index (χ1n) is 11.1. The summed E-state index contributed by atoms with van der Waals surface area (Å²) in [4.78, 5) is 17.3. The number of hydrogen-bond acceptors (Lipinski definition) is 5. The van der Waals surface area contributed by atoms with Crippen molar-refractivity contribution < 1.29 is 19.0 Å². The molecule has 1 saturated heterocycles. The van der Waals surface area contributed by atoms with Gasteiger partial charge in [0.25, 0.3) is 5.91 Å². The van der Waals surface area contributed by atoms with Crippen LogP contribution in [0.15, 0.2) is 36.4 Å². The van der Waals surface area contributed by atoms with Gasteiger partial charge >= 0.3 is 0 Å². The average molecular weight is 425 g/mol. The Kier molecular flexibility index (Phi) is 6.37. The van der Waals surface area contributed by atoms with Gasteiger partial charge in [-0.05, 0) is 54.7 Å². The Morgan fingerprint density at radius 2 is 1.74 bits per heavy atom. The maximum Gasteiger partial charge on any atom is 0.263 e. The number of ether oxygens (including phenoxy) is 3. The van der Waals surface area contributed by atoms with Gasteiger partial charge < -0.3 is 19.1 Å². The summed E-state index contributed by atoms with van der Waals surface area (Å²) < 4.78 is 17.0. The molecule has 1 amide bonds. The van der Waals surface area contributed by atoms with E-state index in [-0.39, 0.29) is 5.91 Å². The van der Waals surface area contributed by atoms with Crippen LogP contribution in [-0.2, 0) is 11.3 Å². The van der Waals surface area contributed by atoms with Crippen LogP contribution in [0.25, 0.3) is 0 Å².